The number of aromatic nitrogens is 2. The predicted octanol–water partition coefficient (Wildman–Crippen LogP) is 3.46. The smallest absolute Gasteiger partial charge is 0.254 e. The van der Waals surface area contributed by atoms with Gasteiger partial charge in [0.25, 0.3) is 5.91 Å². The van der Waals surface area contributed by atoms with Crippen LogP contribution in [0, 0.1) is 0 Å². The fourth-order valence-corrected chi connectivity index (χ4v) is 4.27. The molecule has 1 aliphatic rings. The second-order valence-electron chi connectivity index (χ2n) is 7.19. The molecule has 4 rings (SSSR count). The van der Waals surface area contributed by atoms with E-state index in [2.05, 4.69) is 32.0 Å². The molecule has 7 nitrogen and oxygen atoms in total. The molecule has 0 saturated carbocycles. The van der Waals surface area contributed by atoms with Crippen molar-refractivity contribution in [3.63, 3.8) is 0 Å². The molecule has 1 amide bonds. The van der Waals surface area contributed by atoms with Crippen molar-refractivity contribution in [3.8, 4) is 11.5 Å². The molecule has 8 heteroatoms. The van der Waals surface area contributed by atoms with Crippen LogP contribution in [0.1, 0.15) is 23.0 Å². The molecule has 0 unspecified atom stereocenters. The van der Waals surface area contributed by atoms with E-state index in [0.29, 0.717) is 36.8 Å². The number of nitrogens with zero attached hydrogens (tertiary/aromatic N) is 4. The minimum absolute atomic E-state index is 0.00410. The van der Waals surface area contributed by atoms with Gasteiger partial charge in [0.05, 0.1) is 23.9 Å². The van der Waals surface area contributed by atoms with E-state index in [1.54, 1.807) is 19.2 Å². The molecule has 3 heterocycles. The van der Waals surface area contributed by atoms with Crippen LogP contribution in [0.4, 0.5) is 0 Å². The number of imidazole rings is 1. The van der Waals surface area contributed by atoms with Crippen LogP contribution in [-0.2, 0) is 6.54 Å². The summed E-state index contributed by atoms with van der Waals surface area (Å²) in [5, 5.41) is 0. The number of pyridine rings is 1. The Morgan fingerprint density at radius 3 is 2.70 bits per heavy atom. The van der Waals surface area contributed by atoms with Crippen molar-refractivity contribution in [3.05, 3.63) is 58.5 Å². The largest absolute Gasteiger partial charge is 0.493 e. The maximum absolute atomic E-state index is 13.0. The first kappa shape index (κ1) is 20.7. The topological polar surface area (TPSA) is 59.3 Å². The van der Waals surface area contributed by atoms with E-state index in [9.17, 15) is 4.79 Å². The number of amides is 1. The number of benzene rings is 1. The number of methoxy groups -OCH3 is 1. The molecule has 1 fully saturated rings. The van der Waals surface area contributed by atoms with Crippen LogP contribution in [0.25, 0.3) is 5.65 Å². The summed E-state index contributed by atoms with van der Waals surface area (Å²) in [6.07, 6.45) is 4.07. The Bertz CT molecular complexity index is 1010. The number of fused-ring (bicyclic) bond motifs is 1. The van der Waals surface area contributed by atoms with Gasteiger partial charge in [0.1, 0.15) is 5.65 Å². The van der Waals surface area contributed by atoms with Crippen molar-refractivity contribution < 1.29 is 14.3 Å². The van der Waals surface area contributed by atoms with Gasteiger partial charge in [-0.3, -0.25) is 9.69 Å². The summed E-state index contributed by atoms with van der Waals surface area (Å²) in [6, 6.07) is 9.55. The van der Waals surface area contributed by atoms with Gasteiger partial charge in [-0.15, -0.1) is 0 Å². The number of halogens is 1. The zero-order valence-corrected chi connectivity index (χ0v) is 18.8. The Labute approximate surface area is 184 Å². The molecule has 1 saturated heterocycles. The lowest BCUT2D eigenvalue weighted by Crippen LogP contribution is -2.48. The maximum Gasteiger partial charge on any atom is 0.254 e. The van der Waals surface area contributed by atoms with Gasteiger partial charge in [-0.25, -0.2) is 4.98 Å². The number of ether oxygens (including phenoxy) is 2. The summed E-state index contributed by atoms with van der Waals surface area (Å²) in [4.78, 5) is 21.9. The Balaban J connectivity index is 1.40. The summed E-state index contributed by atoms with van der Waals surface area (Å²) >= 11 is 3.50. The lowest BCUT2D eigenvalue weighted by atomic mass is 10.1. The molecule has 0 spiro atoms. The van der Waals surface area contributed by atoms with E-state index in [1.807, 2.05) is 40.6 Å². The van der Waals surface area contributed by atoms with Crippen molar-refractivity contribution in [1.82, 2.24) is 19.2 Å². The van der Waals surface area contributed by atoms with Crippen LogP contribution in [0.3, 0.4) is 0 Å². The Morgan fingerprint density at radius 1 is 1.20 bits per heavy atom. The first-order valence-electron chi connectivity index (χ1n) is 10.0. The third-order valence-corrected chi connectivity index (χ3v) is 5.81. The van der Waals surface area contributed by atoms with E-state index in [-0.39, 0.29) is 5.91 Å². The van der Waals surface area contributed by atoms with Gasteiger partial charge in [0.2, 0.25) is 0 Å². The molecule has 0 aliphatic carbocycles. The first-order valence-corrected chi connectivity index (χ1v) is 10.8. The van der Waals surface area contributed by atoms with E-state index in [1.165, 1.54) is 0 Å². The highest BCUT2D eigenvalue weighted by Crippen LogP contribution is 2.37. The number of hydrogen-bond acceptors (Lipinski definition) is 5. The van der Waals surface area contributed by atoms with Crippen molar-refractivity contribution >= 4 is 27.5 Å². The van der Waals surface area contributed by atoms with Crippen molar-refractivity contribution in [2.24, 2.45) is 0 Å². The maximum atomic E-state index is 13.0. The number of rotatable bonds is 6. The number of carbonyl (C=O) groups is 1. The summed E-state index contributed by atoms with van der Waals surface area (Å²) in [6.45, 7) is 6.21. The molecule has 158 valence electrons. The zero-order chi connectivity index (χ0) is 21.1. The minimum atomic E-state index is 0.00410. The van der Waals surface area contributed by atoms with Crippen LogP contribution in [0.5, 0.6) is 11.5 Å². The normalized spacial score (nSPS) is 14.8. The SMILES string of the molecule is CCOc1c(Br)cc(C(=O)N2CCN(Cc3cn4ccccc4n3)CC2)cc1OC. The van der Waals surface area contributed by atoms with Crippen LogP contribution in [0.15, 0.2) is 47.2 Å². The quantitative estimate of drug-likeness (QED) is 0.549. The molecule has 1 aliphatic heterocycles. The van der Waals surface area contributed by atoms with Crippen molar-refractivity contribution in [1.29, 1.82) is 0 Å². The van der Waals surface area contributed by atoms with Crippen LogP contribution in [0.2, 0.25) is 0 Å². The highest BCUT2D eigenvalue weighted by molar-refractivity contribution is 9.10. The molecule has 0 N–H and O–H groups in total. The highest BCUT2D eigenvalue weighted by Gasteiger charge is 2.24. The van der Waals surface area contributed by atoms with Crippen LogP contribution in [-0.4, -0.2) is 65.0 Å². The van der Waals surface area contributed by atoms with Gasteiger partial charge in [0.15, 0.2) is 11.5 Å². The Hall–Kier alpha value is -2.58. The first-order chi connectivity index (χ1) is 14.6. The molecular formula is C22H25BrN4O3. The fraction of sp³-hybridized carbons (Fsp3) is 0.364. The third kappa shape index (κ3) is 4.29. The standard InChI is InChI=1S/C22H25BrN4O3/c1-3-30-21-18(23)12-16(13-19(21)29-2)22(28)26-10-8-25(9-11-26)14-17-15-27-7-5-4-6-20(27)24-17/h4-7,12-13,15H,3,8-11,14H2,1-2H3. The minimum Gasteiger partial charge on any atom is -0.493 e. The molecule has 0 bridgehead atoms. The molecule has 0 atom stereocenters. The lowest BCUT2D eigenvalue weighted by Gasteiger charge is -2.34. The van der Waals surface area contributed by atoms with E-state index in [0.717, 1.165) is 35.4 Å². The molecule has 2 aromatic heterocycles. The summed E-state index contributed by atoms with van der Waals surface area (Å²) in [5.41, 5.74) is 2.59. The Kier molecular flexibility index (Phi) is 6.24. The number of carbonyl (C=O) groups excluding carboxylic acids is 1. The second kappa shape index (κ2) is 9.06. The number of hydrogen-bond donors (Lipinski definition) is 0. The number of piperazine rings is 1. The van der Waals surface area contributed by atoms with Crippen molar-refractivity contribution in [2.45, 2.75) is 13.5 Å². The Morgan fingerprint density at radius 2 is 2.00 bits per heavy atom. The fourth-order valence-electron chi connectivity index (χ4n) is 3.71. The van der Waals surface area contributed by atoms with Crippen molar-refractivity contribution in [2.75, 3.05) is 39.9 Å². The predicted molar refractivity (Wildman–Crippen MR) is 118 cm³/mol. The summed E-state index contributed by atoms with van der Waals surface area (Å²) in [5.74, 6) is 1.18. The molecule has 3 aromatic rings. The average molecular weight is 473 g/mol. The molecule has 30 heavy (non-hydrogen) atoms. The van der Waals surface area contributed by atoms with Gasteiger partial charge in [0, 0.05) is 50.7 Å². The van der Waals surface area contributed by atoms with Crippen LogP contribution >= 0.6 is 15.9 Å². The molecule has 0 radical (unpaired) electrons. The summed E-state index contributed by atoms with van der Waals surface area (Å²) < 4.78 is 13.8. The van der Waals surface area contributed by atoms with E-state index in [4.69, 9.17) is 9.47 Å². The average Bonchev–Trinajstić information content (AvgIpc) is 3.17. The van der Waals surface area contributed by atoms with Gasteiger partial charge in [-0.05, 0) is 47.1 Å². The lowest BCUT2D eigenvalue weighted by molar-refractivity contribution is 0.0626. The van der Waals surface area contributed by atoms with Crippen LogP contribution < -0.4 is 9.47 Å². The van der Waals surface area contributed by atoms with E-state index >= 15 is 0 Å². The zero-order valence-electron chi connectivity index (χ0n) is 17.2. The monoisotopic (exact) mass is 472 g/mol. The van der Waals surface area contributed by atoms with Gasteiger partial charge < -0.3 is 18.8 Å². The van der Waals surface area contributed by atoms with E-state index < -0.39 is 0 Å². The summed E-state index contributed by atoms with van der Waals surface area (Å²) in [7, 11) is 1.58. The second-order valence-corrected chi connectivity index (χ2v) is 8.04. The highest BCUT2D eigenvalue weighted by atomic mass is 79.9. The van der Waals surface area contributed by atoms with Gasteiger partial charge in [-0.2, -0.15) is 0 Å². The molecule has 1 aromatic carbocycles. The third-order valence-electron chi connectivity index (χ3n) is 5.22. The molecular weight excluding hydrogens is 448 g/mol. The van der Waals surface area contributed by atoms with Gasteiger partial charge >= 0.3 is 0 Å². The van der Waals surface area contributed by atoms with Gasteiger partial charge in [-0.1, -0.05) is 6.07 Å².